The molecule has 2 N–H and O–H groups in total. The summed E-state index contributed by atoms with van der Waals surface area (Å²) in [5.41, 5.74) is 3.76. The van der Waals surface area contributed by atoms with Gasteiger partial charge in [-0.3, -0.25) is 0 Å². The molecule has 0 atom stereocenters. The van der Waals surface area contributed by atoms with E-state index in [1.807, 2.05) is 25.5 Å². The third-order valence-corrected chi connectivity index (χ3v) is 4.46. The zero-order chi connectivity index (χ0) is 19.6. The zero-order valence-electron chi connectivity index (χ0n) is 17.6. The molecule has 0 aliphatic rings. The van der Waals surface area contributed by atoms with Gasteiger partial charge in [0.15, 0.2) is 11.8 Å². The maximum Gasteiger partial charge on any atom is 0.191 e. The Balaban J connectivity index is 0.00000392. The number of rotatable bonds is 9. The average Bonchev–Trinajstić information content (AvgIpc) is 2.96. The smallest absolute Gasteiger partial charge is 0.191 e. The lowest BCUT2D eigenvalue weighted by atomic mass is 10.1. The van der Waals surface area contributed by atoms with E-state index in [4.69, 9.17) is 9.73 Å². The van der Waals surface area contributed by atoms with E-state index in [-0.39, 0.29) is 24.0 Å². The number of ether oxygens (including phenoxy) is 1. The summed E-state index contributed by atoms with van der Waals surface area (Å²) in [5.74, 6) is 2.54. The molecule has 0 saturated heterocycles. The van der Waals surface area contributed by atoms with E-state index in [0.717, 1.165) is 43.8 Å². The van der Waals surface area contributed by atoms with Gasteiger partial charge in [-0.05, 0) is 45.2 Å². The molecular formula is C20H33IN6O. The third-order valence-electron chi connectivity index (χ3n) is 4.46. The summed E-state index contributed by atoms with van der Waals surface area (Å²) in [4.78, 5) is 4.75. The molecule has 8 heteroatoms. The van der Waals surface area contributed by atoms with Crippen LogP contribution in [0, 0.1) is 20.8 Å². The first kappa shape index (κ1) is 24.4. The van der Waals surface area contributed by atoms with Crippen LogP contribution in [0.1, 0.15) is 41.7 Å². The number of guanidine groups is 1. The van der Waals surface area contributed by atoms with E-state index in [2.05, 4.69) is 52.9 Å². The molecule has 0 saturated carbocycles. The number of benzene rings is 1. The van der Waals surface area contributed by atoms with Crippen LogP contribution < -0.4 is 10.6 Å². The number of nitrogens with one attached hydrogen (secondary N) is 2. The number of hydrogen-bond donors (Lipinski definition) is 2. The second-order valence-corrected chi connectivity index (χ2v) is 6.65. The highest BCUT2D eigenvalue weighted by atomic mass is 127. The van der Waals surface area contributed by atoms with Crippen molar-refractivity contribution in [2.75, 3.05) is 19.8 Å². The van der Waals surface area contributed by atoms with Gasteiger partial charge in [0.05, 0.1) is 13.1 Å². The van der Waals surface area contributed by atoms with E-state index >= 15 is 0 Å². The normalized spacial score (nSPS) is 11.2. The van der Waals surface area contributed by atoms with Gasteiger partial charge in [-0.25, -0.2) is 4.99 Å². The average molecular weight is 500 g/mol. The van der Waals surface area contributed by atoms with Gasteiger partial charge in [0.1, 0.15) is 5.82 Å². The Morgan fingerprint density at radius 3 is 2.61 bits per heavy atom. The van der Waals surface area contributed by atoms with E-state index in [1.54, 1.807) is 0 Å². The number of aryl methyl sites for hydroxylation is 3. The molecule has 156 valence electrons. The van der Waals surface area contributed by atoms with Crippen LogP contribution in [0.3, 0.4) is 0 Å². The largest absolute Gasteiger partial charge is 0.382 e. The number of halogens is 1. The van der Waals surface area contributed by atoms with Crippen LogP contribution in [0.2, 0.25) is 0 Å². The van der Waals surface area contributed by atoms with Gasteiger partial charge in [-0.15, -0.1) is 34.2 Å². The second kappa shape index (κ2) is 12.7. The van der Waals surface area contributed by atoms with Crippen LogP contribution in [-0.2, 0) is 24.9 Å². The molecule has 0 unspecified atom stereocenters. The van der Waals surface area contributed by atoms with E-state index < -0.39 is 0 Å². The second-order valence-electron chi connectivity index (χ2n) is 6.65. The van der Waals surface area contributed by atoms with E-state index in [9.17, 15) is 0 Å². The van der Waals surface area contributed by atoms with Crippen molar-refractivity contribution >= 4 is 29.9 Å². The SMILES string of the molecule is CCOCCCNC(=NCc1ccc(C)cc1C)NCc1nnc(C)n1C.I. The predicted octanol–water partition coefficient (Wildman–Crippen LogP) is 3.02. The Morgan fingerprint density at radius 2 is 1.96 bits per heavy atom. The highest BCUT2D eigenvalue weighted by Gasteiger charge is 2.06. The number of aliphatic imine (C=N–C) groups is 1. The number of nitrogens with zero attached hydrogens (tertiary/aromatic N) is 4. The number of hydrogen-bond acceptors (Lipinski definition) is 4. The summed E-state index contributed by atoms with van der Waals surface area (Å²) >= 11 is 0. The molecule has 0 amide bonds. The van der Waals surface area contributed by atoms with Crippen molar-refractivity contribution in [2.24, 2.45) is 12.0 Å². The Morgan fingerprint density at radius 1 is 1.18 bits per heavy atom. The van der Waals surface area contributed by atoms with E-state index in [0.29, 0.717) is 13.1 Å². The van der Waals surface area contributed by atoms with Crippen molar-refractivity contribution in [1.82, 2.24) is 25.4 Å². The minimum atomic E-state index is 0. The lowest BCUT2D eigenvalue weighted by Crippen LogP contribution is -2.38. The quantitative estimate of drug-likeness (QED) is 0.240. The maximum absolute atomic E-state index is 5.40. The van der Waals surface area contributed by atoms with Crippen molar-refractivity contribution in [3.05, 3.63) is 46.5 Å². The summed E-state index contributed by atoms with van der Waals surface area (Å²) in [6.07, 6.45) is 0.932. The first-order valence-electron chi connectivity index (χ1n) is 9.52. The fraction of sp³-hybridized carbons (Fsp3) is 0.550. The fourth-order valence-electron chi connectivity index (χ4n) is 2.65. The topological polar surface area (TPSA) is 76.4 Å². The van der Waals surface area contributed by atoms with Crippen molar-refractivity contribution in [2.45, 2.75) is 47.2 Å². The molecule has 28 heavy (non-hydrogen) atoms. The van der Waals surface area contributed by atoms with Crippen LogP contribution in [0.25, 0.3) is 0 Å². The molecule has 1 heterocycles. The molecular weight excluding hydrogens is 467 g/mol. The van der Waals surface area contributed by atoms with Crippen molar-refractivity contribution in [3.63, 3.8) is 0 Å². The Hall–Kier alpha value is -1.68. The van der Waals surface area contributed by atoms with Crippen molar-refractivity contribution in [3.8, 4) is 0 Å². The predicted molar refractivity (Wildman–Crippen MR) is 124 cm³/mol. The third kappa shape index (κ3) is 7.75. The molecule has 0 aliphatic carbocycles. The summed E-state index contributed by atoms with van der Waals surface area (Å²) in [6, 6.07) is 6.46. The lowest BCUT2D eigenvalue weighted by Gasteiger charge is -2.13. The fourth-order valence-corrected chi connectivity index (χ4v) is 2.65. The van der Waals surface area contributed by atoms with Gasteiger partial charge in [0, 0.05) is 26.8 Å². The highest BCUT2D eigenvalue weighted by Crippen LogP contribution is 2.11. The van der Waals surface area contributed by atoms with Crippen LogP contribution in [0.15, 0.2) is 23.2 Å². The summed E-state index contributed by atoms with van der Waals surface area (Å²) in [7, 11) is 1.97. The van der Waals surface area contributed by atoms with Gasteiger partial charge in [-0.1, -0.05) is 23.8 Å². The summed E-state index contributed by atoms with van der Waals surface area (Å²) in [5, 5.41) is 15.0. The Labute approximate surface area is 185 Å². The van der Waals surface area contributed by atoms with Crippen molar-refractivity contribution < 1.29 is 4.74 Å². The molecule has 0 spiro atoms. The lowest BCUT2D eigenvalue weighted by molar-refractivity contribution is 0.145. The van der Waals surface area contributed by atoms with Crippen molar-refractivity contribution in [1.29, 1.82) is 0 Å². The summed E-state index contributed by atoms with van der Waals surface area (Å²) in [6.45, 7) is 11.7. The molecule has 1 aromatic heterocycles. The van der Waals surface area contributed by atoms with Gasteiger partial charge in [0.25, 0.3) is 0 Å². The molecule has 2 aromatic rings. The van der Waals surface area contributed by atoms with Crippen LogP contribution in [0.5, 0.6) is 0 Å². The monoisotopic (exact) mass is 500 g/mol. The molecule has 0 fully saturated rings. The molecule has 1 aromatic carbocycles. The first-order chi connectivity index (χ1) is 13.0. The molecule has 7 nitrogen and oxygen atoms in total. The molecule has 0 radical (unpaired) electrons. The van der Waals surface area contributed by atoms with Gasteiger partial charge in [-0.2, -0.15) is 0 Å². The van der Waals surface area contributed by atoms with Crippen LogP contribution in [0.4, 0.5) is 0 Å². The van der Waals surface area contributed by atoms with E-state index in [1.165, 1.54) is 16.7 Å². The van der Waals surface area contributed by atoms with Gasteiger partial charge < -0.3 is 19.9 Å². The minimum absolute atomic E-state index is 0. The minimum Gasteiger partial charge on any atom is -0.382 e. The highest BCUT2D eigenvalue weighted by molar-refractivity contribution is 14.0. The van der Waals surface area contributed by atoms with Crippen LogP contribution in [-0.4, -0.2) is 40.5 Å². The molecule has 2 rings (SSSR count). The maximum atomic E-state index is 5.40. The molecule has 0 bridgehead atoms. The van der Waals surface area contributed by atoms with Gasteiger partial charge in [0.2, 0.25) is 0 Å². The van der Waals surface area contributed by atoms with Crippen LogP contribution >= 0.6 is 24.0 Å². The Bertz CT molecular complexity index is 759. The summed E-state index contributed by atoms with van der Waals surface area (Å²) < 4.78 is 7.37. The van der Waals surface area contributed by atoms with Gasteiger partial charge >= 0.3 is 0 Å². The Kier molecular flexibility index (Phi) is 11.1. The number of aromatic nitrogens is 3. The first-order valence-corrected chi connectivity index (χ1v) is 9.52. The standard InChI is InChI=1S/C20H32N6O.HI/c1-6-27-11-7-10-21-20(23-14-19-25-24-17(4)26(19)5)22-13-18-9-8-15(2)12-16(18)3;/h8-9,12H,6-7,10-11,13-14H2,1-5H3,(H2,21,22,23);1H. The zero-order valence-corrected chi connectivity index (χ0v) is 19.9. The molecule has 0 aliphatic heterocycles.